The van der Waals surface area contributed by atoms with Crippen LogP contribution in [0, 0.1) is 35.5 Å². The number of hydrogen-bond acceptors (Lipinski definition) is 2. The lowest BCUT2D eigenvalue weighted by Gasteiger charge is -2.29. The lowest BCUT2D eigenvalue weighted by molar-refractivity contribution is -0.136. The van der Waals surface area contributed by atoms with Gasteiger partial charge in [-0.3, -0.25) is 4.79 Å². The first-order valence-corrected chi connectivity index (χ1v) is 8.28. The van der Waals surface area contributed by atoms with Crippen molar-refractivity contribution in [2.45, 2.75) is 44.7 Å². The second-order valence-corrected chi connectivity index (χ2v) is 7.83. The van der Waals surface area contributed by atoms with Gasteiger partial charge in [-0.2, -0.15) is 0 Å². The van der Waals surface area contributed by atoms with E-state index in [2.05, 4.69) is 17.1 Å². The second-order valence-electron chi connectivity index (χ2n) is 7.83. The molecule has 104 valence electrons. The van der Waals surface area contributed by atoms with Gasteiger partial charge in [-0.25, -0.2) is 0 Å². The fourth-order valence-electron chi connectivity index (χ4n) is 6.37. The van der Waals surface area contributed by atoms with Crippen LogP contribution in [-0.2, 0) is 4.79 Å². The van der Waals surface area contributed by atoms with Crippen LogP contribution >= 0.6 is 0 Å². The first kappa shape index (κ1) is 11.1. The van der Waals surface area contributed by atoms with Gasteiger partial charge in [-0.1, -0.05) is 0 Å². The van der Waals surface area contributed by atoms with E-state index in [9.17, 15) is 4.79 Å². The van der Waals surface area contributed by atoms with E-state index in [0.717, 1.165) is 42.7 Å². The summed E-state index contributed by atoms with van der Waals surface area (Å²) in [5.74, 6) is 5.13. The molecule has 2 heterocycles. The molecule has 0 radical (unpaired) electrons. The Hall–Kier alpha value is -0.570. The summed E-state index contributed by atoms with van der Waals surface area (Å²) in [6.07, 6.45) is 5.50. The van der Waals surface area contributed by atoms with Gasteiger partial charge in [0.1, 0.15) is 0 Å². The van der Waals surface area contributed by atoms with Crippen LogP contribution in [0.25, 0.3) is 0 Å². The van der Waals surface area contributed by atoms with Crippen LogP contribution in [0.1, 0.15) is 32.6 Å². The summed E-state index contributed by atoms with van der Waals surface area (Å²) >= 11 is 0. The molecule has 19 heavy (non-hydrogen) atoms. The maximum absolute atomic E-state index is 13.0. The highest BCUT2D eigenvalue weighted by Gasteiger charge is 2.68. The fourth-order valence-corrected chi connectivity index (χ4v) is 6.37. The number of amides is 1. The van der Waals surface area contributed by atoms with Gasteiger partial charge >= 0.3 is 0 Å². The Morgan fingerprint density at radius 3 is 2.53 bits per heavy atom. The van der Waals surface area contributed by atoms with Crippen molar-refractivity contribution < 1.29 is 4.79 Å². The molecule has 3 saturated carbocycles. The number of hydrogen-bond donors (Lipinski definition) is 1. The maximum atomic E-state index is 13.0. The molecular formula is C16H24N2O. The van der Waals surface area contributed by atoms with Gasteiger partial charge in [-0.05, 0) is 62.2 Å². The van der Waals surface area contributed by atoms with Crippen molar-refractivity contribution >= 4 is 5.91 Å². The molecule has 2 aliphatic heterocycles. The van der Waals surface area contributed by atoms with Gasteiger partial charge in [0.15, 0.2) is 0 Å². The SMILES string of the molecule is CC1CC2CNCC2N1C(=O)C1C2C3CCC(C3)C12. The molecule has 7 unspecified atom stereocenters. The van der Waals surface area contributed by atoms with E-state index >= 15 is 0 Å². The van der Waals surface area contributed by atoms with Crippen LogP contribution in [0.4, 0.5) is 0 Å². The normalized spacial score (nSPS) is 57.4. The van der Waals surface area contributed by atoms with Crippen LogP contribution in [0.5, 0.6) is 0 Å². The largest absolute Gasteiger partial charge is 0.335 e. The van der Waals surface area contributed by atoms with E-state index in [1.807, 2.05) is 0 Å². The molecule has 1 N–H and O–H groups in total. The van der Waals surface area contributed by atoms with E-state index in [1.54, 1.807) is 0 Å². The van der Waals surface area contributed by atoms with E-state index in [-0.39, 0.29) is 0 Å². The summed E-state index contributed by atoms with van der Waals surface area (Å²) in [4.78, 5) is 15.3. The Kier molecular flexibility index (Phi) is 2.08. The number of carbonyl (C=O) groups is 1. The molecular weight excluding hydrogens is 236 g/mol. The Bertz CT molecular complexity index is 420. The summed E-state index contributed by atoms with van der Waals surface area (Å²) in [6, 6.07) is 1.00. The zero-order valence-electron chi connectivity index (χ0n) is 11.7. The topological polar surface area (TPSA) is 32.3 Å². The van der Waals surface area contributed by atoms with Crippen molar-refractivity contribution in [2.75, 3.05) is 13.1 Å². The lowest BCUT2D eigenvalue weighted by Crippen LogP contribution is -2.44. The van der Waals surface area contributed by atoms with Gasteiger partial charge in [0.25, 0.3) is 0 Å². The van der Waals surface area contributed by atoms with Crippen molar-refractivity contribution in [2.24, 2.45) is 35.5 Å². The quantitative estimate of drug-likeness (QED) is 0.774. The van der Waals surface area contributed by atoms with E-state index < -0.39 is 0 Å². The Morgan fingerprint density at radius 2 is 1.79 bits per heavy atom. The van der Waals surface area contributed by atoms with Gasteiger partial charge in [0.2, 0.25) is 5.91 Å². The molecule has 2 saturated heterocycles. The summed E-state index contributed by atoms with van der Waals surface area (Å²) in [5, 5.41) is 3.48. The number of nitrogens with one attached hydrogen (secondary N) is 1. The van der Waals surface area contributed by atoms with Gasteiger partial charge in [0.05, 0.1) is 0 Å². The van der Waals surface area contributed by atoms with Crippen LogP contribution in [0.15, 0.2) is 0 Å². The molecule has 0 aromatic heterocycles. The van der Waals surface area contributed by atoms with Crippen molar-refractivity contribution in [1.29, 1.82) is 0 Å². The predicted molar refractivity (Wildman–Crippen MR) is 72.4 cm³/mol. The highest BCUT2D eigenvalue weighted by molar-refractivity contribution is 5.84. The fraction of sp³-hybridized carbons (Fsp3) is 0.938. The van der Waals surface area contributed by atoms with Crippen molar-refractivity contribution in [3.05, 3.63) is 0 Å². The van der Waals surface area contributed by atoms with Crippen molar-refractivity contribution in [3.8, 4) is 0 Å². The van der Waals surface area contributed by atoms with E-state index in [0.29, 0.717) is 23.9 Å². The Morgan fingerprint density at radius 1 is 1.05 bits per heavy atom. The molecule has 0 aromatic rings. The minimum absolute atomic E-state index is 0.438. The van der Waals surface area contributed by atoms with Gasteiger partial charge < -0.3 is 10.2 Å². The van der Waals surface area contributed by atoms with Crippen LogP contribution in [0.2, 0.25) is 0 Å². The predicted octanol–water partition coefficient (Wildman–Crippen LogP) is 1.49. The van der Waals surface area contributed by atoms with Crippen molar-refractivity contribution in [1.82, 2.24) is 10.2 Å². The van der Waals surface area contributed by atoms with Crippen molar-refractivity contribution in [3.63, 3.8) is 0 Å². The molecule has 0 spiro atoms. The highest BCUT2D eigenvalue weighted by Crippen LogP contribution is 2.70. The monoisotopic (exact) mass is 260 g/mol. The first-order chi connectivity index (χ1) is 9.25. The highest BCUT2D eigenvalue weighted by atomic mass is 16.2. The van der Waals surface area contributed by atoms with Crippen LogP contribution in [0.3, 0.4) is 0 Å². The number of rotatable bonds is 1. The van der Waals surface area contributed by atoms with E-state index in [1.165, 1.54) is 25.7 Å². The molecule has 1 amide bonds. The zero-order valence-corrected chi connectivity index (χ0v) is 11.7. The van der Waals surface area contributed by atoms with Crippen LogP contribution in [-0.4, -0.2) is 36.0 Å². The minimum atomic E-state index is 0.438. The molecule has 5 fully saturated rings. The van der Waals surface area contributed by atoms with E-state index in [4.69, 9.17) is 0 Å². The Balaban J connectivity index is 1.38. The summed E-state index contributed by atoms with van der Waals surface area (Å²) in [5.41, 5.74) is 0. The third-order valence-corrected chi connectivity index (χ3v) is 7.06. The molecule has 5 aliphatic rings. The molecule has 0 aromatic carbocycles. The van der Waals surface area contributed by atoms with Crippen LogP contribution < -0.4 is 5.32 Å². The minimum Gasteiger partial charge on any atom is -0.335 e. The van der Waals surface area contributed by atoms with Gasteiger partial charge in [-0.15, -0.1) is 0 Å². The molecule has 3 nitrogen and oxygen atoms in total. The van der Waals surface area contributed by atoms with Gasteiger partial charge in [0, 0.05) is 31.1 Å². The average molecular weight is 260 g/mol. The summed E-state index contributed by atoms with van der Waals surface area (Å²) < 4.78 is 0. The first-order valence-electron chi connectivity index (χ1n) is 8.28. The third kappa shape index (κ3) is 1.30. The second kappa shape index (κ2) is 3.55. The smallest absolute Gasteiger partial charge is 0.226 e. The number of nitrogens with zero attached hydrogens (tertiary/aromatic N) is 1. The number of likely N-dealkylation sites (tertiary alicyclic amines) is 1. The standard InChI is InChI=1S/C16H24N2O/c1-8-4-11-6-17-7-12(11)18(8)16(19)15-13-9-2-3-10(5-9)14(13)15/h8-15,17H,2-7H2,1H3. The Labute approximate surface area is 115 Å². The molecule has 5 rings (SSSR count). The molecule has 7 atom stereocenters. The zero-order chi connectivity index (χ0) is 12.7. The summed E-state index contributed by atoms with van der Waals surface area (Å²) in [6.45, 7) is 4.43. The number of carbonyl (C=O) groups excluding carboxylic acids is 1. The molecule has 2 bridgehead atoms. The average Bonchev–Trinajstić information content (AvgIpc) is 2.82. The third-order valence-electron chi connectivity index (χ3n) is 7.06. The molecule has 3 aliphatic carbocycles. The maximum Gasteiger partial charge on any atom is 0.226 e. The summed E-state index contributed by atoms with van der Waals surface area (Å²) in [7, 11) is 0. The molecule has 3 heteroatoms. The lowest BCUT2D eigenvalue weighted by atomic mass is 10.0. The number of fused-ring (bicyclic) bond motifs is 6.